The van der Waals surface area contributed by atoms with Crippen LogP contribution in [0, 0.1) is 13.8 Å². The van der Waals surface area contributed by atoms with E-state index in [2.05, 4.69) is 27.6 Å². The van der Waals surface area contributed by atoms with Crippen LogP contribution in [-0.4, -0.2) is 31.5 Å². The second kappa shape index (κ2) is 8.65. The average Bonchev–Trinajstić information content (AvgIpc) is 3.01. The predicted octanol–water partition coefficient (Wildman–Crippen LogP) is 2.18. The van der Waals surface area contributed by atoms with Gasteiger partial charge >= 0.3 is 0 Å². The topological polar surface area (TPSA) is 81.8 Å². The van der Waals surface area contributed by atoms with Crippen molar-refractivity contribution in [3.8, 4) is 5.82 Å². The van der Waals surface area contributed by atoms with Crippen molar-refractivity contribution in [3.05, 3.63) is 75.8 Å². The lowest BCUT2D eigenvalue weighted by atomic mass is 10.1. The predicted molar refractivity (Wildman–Crippen MR) is 107 cm³/mol. The van der Waals surface area contributed by atoms with Gasteiger partial charge in [-0.15, -0.1) is 5.10 Å². The van der Waals surface area contributed by atoms with Crippen LogP contribution in [0.4, 0.5) is 0 Å². The van der Waals surface area contributed by atoms with Gasteiger partial charge in [0.25, 0.3) is 5.56 Å². The molecule has 0 aliphatic carbocycles. The first kappa shape index (κ1) is 19.5. The van der Waals surface area contributed by atoms with E-state index in [1.165, 1.54) is 16.3 Å². The van der Waals surface area contributed by atoms with Gasteiger partial charge in [-0.2, -0.15) is 5.10 Å². The zero-order valence-electron chi connectivity index (χ0n) is 16.4. The average molecular weight is 379 g/mol. The first-order chi connectivity index (χ1) is 13.4. The molecule has 0 aliphatic heterocycles. The Morgan fingerprint density at radius 2 is 1.86 bits per heavy atom. The van der Waals surface area contributed by atoms with Gasteiger partial charge in [-0.1, -0.05) is 30.3 Å². The molecule has 7 heteroatoms. The normalized spacial score (nSPS) is 12.0. The van der Waals surface area contributed by atoms with E-state index < -0.39 is 0 Å². The number of aromatic nitrogens is 4. The highest BCUT2D eigenvalue weighted by molar-refractivity contribution is 5.75. The Morgan fingerprint density at radius 3 is 2.54 bits per heavy atom. The van der Waals surface area contributed by atoms with Crippen LogP contribution in [-0.2, 0) is 17.8 Å². The van der Waals surface area contributed by atoms with Crippen molar-refractivity contribution in [2.45, 2.75) is 46.2 Å². The van der Waals surface area contributed by atoms with Crippen LogP contribution in [0.5, 0.6) is 0 Å². The van der Waals surface area contributed by atoms with Crippen molar-refractivity contribution in [3.63, 3.8) is 0 Å². The number of amides is 1. The van der Waals surface area contributed by atoms with Gasteiger partial charge < -0.3 is 5.32 Å². The highest BCUT2D eigenvalue weighted by Crippen LogP contribution is 2.08. The summed E-state index contributed by atoms with van der Waals surface area (Å²) in [5, 5.41) is 11.6. The van der Waals surface area contributed by atoms with Gasteiger partial charge in [-0.3, -0.25) is 9.59 Å². The number of carbonyl (C=O) groups is 1. The smallest absolute Gasteiger partial charge is 0.267 e. The Morgan fingerprint density at radius 1 is 1.11 bits per heavy atom. The first-order valence-electron chi connectivity index (χ1n) is 9.37. The molecule has 1 amide bonds. The molecule has 0 fully saturated rings. The van der Waals surface area contributed by atoms with Crippen molar-refractivity contribution < 1.29 is 4.79 Å². The molecule has 0 saturated heterocycles. The molecule has 28 heavy (non-hydrogen) atoms. The highest BCUT2D eigenvalue weighted by atomic mass is 16.2. The van der Waals surface area contributed by atoms with E-state index in [1.807, 2.05) is 45.0 Å². The quantitative estimate of drug-likeness (QED) is 0.682. The molecule has 2 heterocycles. The maximum Gasteiger partial charge on any atom is 0.267 e. The molecule has 0 saturated carbocycles. The fourth-order valence-corrected chi connectivity index (χ4v) is 3.08. The Hall–Kier alpha value is -3.22. The molecule has 0 aliphatic rings. The van der Waals surface area contributed by atoms with Crippen LogP contribution in [0.1, 0.15) is 30.3 Å². The van der Waals surface area contributed by atoms with E-state index >= 15 is 0 Å². The van der Waals surface area contributed by atoms with Crippen LogP contribution < -0.4 is 10.9 Å². The van der Waals surface area contributed by atoms with E-state index in [1.54, 1.807) is 10.7 Å². The van der Waals surface area contributed by atoms with Gasteiger partial charge in [0.15, 0.2) is 5.82 Å². The number of benzene rings is 1. The van der Waals surface area contributed by atoms with Crippen molar-refractivity contribution in [2.75, 3.05) is 0 Å². The lowest BCUT2D eigenvalue weighted by Gasteiger charge is -2.14. The zero-order valence-corrected chi connectivity index (χ0v) is 16.4. The van der Waals surface area contributed by atoms with E-state index in [0.29, 0.717) is 5.82 Å². The lowest BCUT2D eigenvalue weighted by Crippen LogP contribution is -2.38. The first-order valence-corrected chi connectivity index (χ1v) is 9.37. The van der Waals surface area contributed by atoms with Crippen molar-refractivity contribution in [1.82, 2.24) is 24.9 Å². The van der Waals surface area contributed by atoms with E-state index in [9.17, 15) is 9.59 Å². The van der Waals surface area contributed by atoms with Gasteiger partial charge in [0.1, 0.15) is 6.54 Å². The van der Waals surface area contributed by atoms with Gasteiger partial charge in [0.2, 0.25) is 5.91 Å². The molecule has 1 aromatic carbocycles. The molecule has 3 rings (SSSR count). The number of nitrogens with zero attached hydrogens (tertiary/aromatic N) is 4. The van der Waals surface area contributed by atoms with E-state index in [4.69, 9.17) is 0 Å². The Bertz CT molecular complexity index is 1010. The summed E-state index contributed by atoms with van der Waals surface area (Å²) in [5.41, 5.74) is 2.69. The minimum atomic E-state index is -0.322. The second-order valence-electron chi connectivity index (χ2n) is 7.02. The Kier molecular flexibility index (Phi) is 6.03. The highest BCUT2D eigenvalue weighted by Gasteiger charge is 2.12. The summed E-state index contributed by atoms with van der Waals surface area (Å²) in [5.74, 6) is 0.274. The van der Waals surface area contributed by atoms with Crippen molar-refractivity contribution in [1.29, 1.82) is 0 Å². The minimum absolute atomic E-state index is 0.00241. The molecule has 0 spiro atoms. The molecule has 0 bridgehead atoms. The fourth-order valence-electron chi connectivity index (χ4n) is 3.08. The van der Waals surface area contributed by atoms with Gasteiger partial charge in [0, 0.05) is 17.8 Å². The molecule has 1 N–H and O–H groups in total. The number of aryl methyl sites for hydroxylation is 3. The third-order valence-electron chi connectivity index (χ3n) is 4.49. The van der Waals surface area contributed by atoms with Gasteiger partial charge in [0.05, 0.1) is 5.69 Å². The number of nitrogens with one attached hydrogen (secondary N) is 1. The molecular formula is C21H25N5O2. The van der Waals surface area contributed by atoms with Gasteiger partial charge in [-0.25, -0.2) is 9.36 Å². The third kappa shape index (κ3) is 4.94. The van der Waals surface area contributed by atoms with Crippen LogP contribution >= 0.6 is 0 Å². The minimum Gasteiger partial charge on any atom is -0.352 e. The maximum absolute atomic E-state index is 12.4. The fraction of sp³-hybridized carbons (Fsp3) is 0.333. The summed E-state index contributed by atoms with van der Waals surface area (Å²) in [7, 11) is 0. The summed E-state index contributed by atoms with van der Waals surface area (Å²) in [6.45, 7) is 5.65. The summed E-state index contributed by atoms with van der Waals surface area (Å²) < 4.78 is 2.83. The summed E-state index contributed by atoms with van der Waals surface area (Å²) in [6, 6.07) is 15.1. The molecule has 3 aromatic rings. The number of rotatable bonds is 7. The Balaban J connectivity index is 1.62. The molecule has 0 radical (unpaired) electrons. The lowest BCUT2D eigenvalue weighted by molar-refractivity contribution is -0.122. The standard InChI is InChI=1S/C21H25N5O2/c1-15(9-10-18-7-5-4-6-8-18)22-20(27)14-25-21(28)12-11-19(24-25)26-17(3)13-16(2)23-26/h4-8,11-13,15H,9-10,14H2,1-3H3,(H,22,27)/t15-/m0/s1. The van der Waals surface area contributed by atoms with Gasteiger partial charge in [-0.05, 0) is 51.3 Å². The summed E-state index contributed by atoms with van der Waals surface area (Å²) in [6.07, 6.45) is 1.71. The number of carbonyl (C=O) groups excluding carboxylic acids is 1. The SMILES string of the molecule is Cc1cc(C)n(-c2ccc(=O)n(CC(=O)N[C@@H](C)CCc3ccccc3)n2)n1. The zero-order chi connectivity index (χ0) is 20.1. The molecule has 1 atom stereocenters. The molecule has 0 unspecified atom stereocenters. The van der Waals surface area contributed by atoms with Crippen LogP contribution in [0.15, 0.2) is 53.3 Å². The van der Waals surface area contributed by atoms with Crippen LogP contribution in [0.25, 0.3) is 5.82 Å². The molecule has 2 aromatic heterocycles. The van der Waals surface area contributed by atoms with Crippen LogP contribution in [0.3, 0.4) is 0 Å². The summed E-state index contributed by atoms with van der Waals surface area (Å²) in [4.78, 5) is 24.5. The van der Waals surface area contributed by atoms with Crippen molar-refractivity contribution in [2.24, 2.45) is 0 Å². The van der Waals surface area contributed by atoms with Crippen molar-refractivity contribution >= 4 is 5.91 Å². The molecular weight excluding hydrogens is 354 g/mol. The summed E-state index contributed by atoms with van der Waals surface area (Å²) >= 11 is 0. The van der Waals surface area contributed by atoms with E-state index in [-0.39, 0.29) is 24.1 Å². The van der Waals surface area contributed by atoms with E-state index in [0.717, 1.165) is 24.2 Å². The third-order valence-corrected chi connectivity index (χ3v) is 4.49. The molecule has 7 nitrogen and oxygen atoms in total. The second-order valence-corrected chi connectivity index (χ2v) is 7.02. The number of hydrogen-bond acceptors (Lipinski definition) is 4. The maximum atomic E-state index is 12.4. The van der Waals surface area contributed by atoms with Crippen LogP contribution in [0.2, 0.25) is 0 Å². The molecule has 146 valence electrons. The Labute approximate surface area is 164 Å². The largest absolute Gasteiger partial charge is 0.352 e. The monoisotopic (exact) mass is 379 g/mol. The number of hydrogen-bond donors (Lipinski definition) is 1.